The maximum atomic E-state index is 5.32. The molecule has 0 aliphatic carbocycles. The Morgan fingerprint density at radius 1 is 1.19 bits per heavy atom. The van der Waals surface area contributed by atoms with Crippen molar-refractivity contribution in [3.63, 3.8) is 0 Å². The molecule has 0 radical (unpaired) electrons. The third kappa shape index (κ3) is 3.51. The molecule has 1 aromatic heterocycles. The number of nitrogens with one attached hydrogen (secondary N) is 3. The molecular weight excluding hydrogens is 395 g/mol. The largest absolute Gasteiger partial charge is 0.358 e. The number of halogens is 1. The molecule has 0 atom stereocenters. The summed E-state index contributed by atoms with van der Waals surface area (Å²) in [5.74, 6) is 0. The molecule has 6 heteroatoms. The van der Waals surface area contributed by atoms with E-state index in [0.29, 0.717) is 11.7 Å². The molecule has 0 bridgehead atoms. The molecule has 106 valence electrons. The van der Waals surface area contributed by atoms with E-state index in [1.54, 1.807) is 0 Å². The van der Waals surface area contributed by atoms with Gasteiger partial charge in [-0.3, -0.25) is 5.10 Å². The van der Waals surface area contributed by atoms with Crippen LogP contribution in [0.5, 0.6) is 0 Å². The number of thiocarbonyl (C=S) groups is 1. The Hall–Kier alpha value is -1.67. The average molecular weight is 408 g/mol. The molecule has 2 aromatic carbocycles. The van der Waals surface area contributed by atoms with Gasteiger partial charge in [-0.05, 0) is 64.6 Å². The summed E-state index contributed by atoms with van der Waals surface area (Å²) in [5.41, 5.74) is 3.16. The normalized spacial score (nSPS) is 10.5. The third-order valence-corrected chi connectivity index (χ3v) is 4.07. The van der Waals surface area contributed by atoms with E-state index in [4.69, 9.17) is 12.2 Å². The number of benzene rings is 2. The quantitative estimate of drug-likeness (QED) is 0.458. The Balaban J connectivity index is 1.63. The molecule has 0 saturated carbocycles. The summed E-state index contributed by atoms with van der Waals surface area (Å²) < 4.78 is 1.20. The van der Waals surface area contributed by atoms with Gasteiger partial charge in [-0.15, -0.1) is 0 Å². The Kier molecular flexibility index (Phi) is 4.35. The molecule has 3 rings (SSSR count). The number of hydrogen-bond donors (Lipinski definition) is 3. The molecule has 0 amide bonds. The molecule has 0 fully saturated rings. The molecule has 0 aliphatic rings. The number of aromatic nitrogens is 2. The summed E-state index contributed by atoms with van der Waals surface area (Å²) in [7, 11) is 0. The van der Waals surface area contributed by atoms with E-state index in [2.05, 4.69) is 49.5 Å². The monoisotopic (exact) mass is 408 g/mol. The van der Waals surface area contributed by atoms with E-state index >= 15 is 0 Å². The third-order valence-electron chi connectivity index (χ3n) is 3.10. The maximum Gasteiger partial charge on any atom is 0.171 e. The minimum absolute atomic E-state index is 0.604. The van der Waals surface area contributed by atoms with E-state index in [1.807, 2.05) is 42.6 Å². The van der Waals surface area contributed by atoms with Crippen molar-refractivity contribution < 1.29 is 0 Å². The summed E-state index contributed by atoms with van der Waals surface area (Å²) in [4.78, 5) is 0. The standard InChI is InChI=1S/C15H13IN4S/c16-12-4-6-13(7-5-12)19-15(21)17-8-10-2-1-3-11-9-18-20-14(10)11/h1-7,9H,8H2,(H,18,20)(H2,17,19,21). The van der Waals surface area contributed by atoms with E-state index in [9.17, 15) is 0 Å². The van der Waals surface area contributed by atoms with Gasteiger partial charge in [-0.2, -0.15) is 5.10 Å². The van der Waals surface area contributed by atoms with Crippen molar-refractivity contribution in [3.8, 4) is 0 Å². The molecule has 0 unspecified atom stereocenters. The van der Waals surface area contributed by atoms with Crippen LogP contribution in [0.3, 0.4) is 0 Å². The molecule has 3 aromatic rings. The van der Waals surface area contributed by atoms with E-state index in [-0.39, 0.29) is 0 Å². The first-order valence-corrected chi connectivity index (χ1v) is 7.92. The van der Waals surface area contributed by atoms with Gasteiger partial charge < -0.3 is 10.6 Å². The highest BCUT2D eigenvalue weighted by Gasteiger charge is 2.03. The first-order valence-electron chi connectivity index (χ1n) is 6.44. The molecular formula is C15H13IN4S. The van der Waals surface area contributed by atoms with Gasteiger partial charge in [0.05, 0.1) is 11.7 Å². The van der Waals surface area contributed by atoms with Gasteiger partial charge in [0, 0.05) is 21.2 Å². The van der Waals surface area contributed by atoms with Crippen LogP contribution in [0.2, 0.25) is 0 Å². The molecule has 0 aliphatic heterocycles. The van der Waals surface area contributed by atoms with Gasteiger partial charge in [-0.25, -0.2) is 0 Å². The first kappa shape index (κ1) is 14.3. The fourth-order valence-electron chi connectivity index (χ4n) is 2.06. The summed E-state index contributed by atoms with van der Waals surface area (Å²) in [5, 5.41) is 15.2. The highest BCUT2D eigenvalue weighted by molar-refractivity contribution is 14.1. The summed E-state index contributed by atoms with van der Waals surface area (Å²) in [6.07, 6.45) is 1.82. The lowest BCUT2D eigenvalue weighted by molar-refractivity contribution is 0.928. The molecule has 0 spiro atoms. The highest BCUT2D eigenvalue weighted by atomic mass is 127. The Bertz CT molecular complexity index is 767. The van der Waals surface area contributed by atoms with E-state index in [0.717, 1.165) is 22.2 Å². The van der Waals surface area contributed by atoms with Gasteiger partial charge in [0.25, 0.3) is 0 Å². The van der Waals surface area contributed by atoms with Crippen LogP contribution >= 0.6 is 34.8 Å². The zero-order valence-electron chi connectivity index (χ0n) is 11.1. The van der Waals surface area contributed by atoms with Gasteiger partial charge in [-0.1, -0.05) is 18.2 Å². The summed E-state index contributed by atoms with van der Waals surface area (Å²) >= 11 is 7.60. The molecule has 0 saturated heterocycles. The van der Waals surface area contributed by atoms with E-state index in [1.165, 1.54) is 3.57 Å². The smallest absolute Gasteiger partial charge is 0.171 e. The fraction of sp³-hybridized carbons (Fsp3) is 0.0667. The van der Waals surface area contributed by atoms with Crippen LogP contribution in [0.25, 0.3) is 10.9 Å². The molecule has 4 nitrogen and oxygen atoms in total. The summed E-state index contributed by atoms with van der Waals surface area (Å²) in [6.45, 7) is 0.649. The van der Waals surface area contributed by atoms with Crippen LogP contribution in [0.4, 0.5) is 5.69 Å². The van der Waals surface area contributed by atoms with Crippen LogP contribution in [0.15, 0.2) is 48.7 Å². The number of aromatic amines is 1. The topological polar surface area (TPSA) is 52.7 Å². The van der Waals surface area contributed by atoms with Crippen molar-refractivity contribution in [1.82, 2.24) is 15.5 Å². The van der Waals surface area contributed by atoms with E-state index < -0.39 is 0 Å². The number of nitrogens with zero attached hydrogens (tertiary/aromatic N) is 1. The van der Waals surface area contributed by atoms with Crippen LogP contribution in [-0.2, 0) is 6.54 Å². The van der Waals surface area contributed by atoms with Crippen molar-refractivity contribution in [2.45, 2.75) is 6.54 Å². The number of rotatable bonds is 3. The lowest BCUT2D eigenvalue weighted by Crippen LogP contribution is -2.27. The number of H-pyrrole nitrogens is 1. The molecule has 1 heterocycles. The van der Waals surface area contributed by atoms with Crippen LogP contribution < -0.4 is 10.6 Å². The van der Waals surface area contributed by atoms with Gasteiger partial charge in [0.2, 0.25) is 0 Å². The maximum absolute atomic E-state index is 5.32. The van der Waals surface area contributed by atoms with Gasteiger partial charge in [0.15, 0.2) is 5.11 Å². The fourth-order valence-corrected chi connectivity index (χ4v) is 2.61. The van der Waals surface area contributed by atoms with Crippen molar-refractivity contribution >= 4 is 56.5 Å². The van der Waals surface area contributed by atoms with Crippen LogP contribution in [0.1, 0.15) is 5.56 Å². The molecule has 21 heavy (non-hydrogen) atoms. The number of fused-ring (bicyclic) bond motifs is 1. The van der Waals surface area contributed by atoms with Gasteiger partial charge >= 0.3 is 0 Å². The minimum atomic E-state index is 0.604. The van der Waals surface area contributed by atoms with Crippen LogP contribution in [-0.4, -0.2) is 15.3 Å². The first-order chi connectivity index (χ1) is 10.2. The van der Waals surface area contributed by atoms with Crippen molar-refractivity contribution in [1.29, 1.82) is 0 Å². The summed E-state index contributed by atoms with van der Waals surface area (Å²) in [6, 6.07) is 14.2. The lowest BCUT2D eigenvalue weighted by Gasteiger charge is -2.11. The second-order valence-electron chi connectivity index (χ2n) is 4.57. The zero-order valence-corrected chi connectivity index (χ0v) is 14.0. The Morgan fingerprint density at radius 2 is 2.00 bits per heavy atom. The Labute approximate surface area is 141 Å². The minimum Gasteiger partial charge on any atom is -0.358 e. The second-order valence-corrected chi connectivity index (χ2v) is 6.22. The predicted octanol–water partition coefficient (Wildman–Crippen LogP) is 3.65. The second kappa shape index (κ2) is 6.40. The molecule has 3 N–H and O–H groups in total. The predicted molar refractivity (Wildman–Crippen MR) is 98.3 cm³/mol. The number of anilines is 1. The zero-order chi connectivity index (χ0) is 14.7. The van der Waals surface area contributed by atoms with Gasteiger partial charge in [0.1, 0.15) is 0 Å². The van der Waals surface area contributed by atoms with Crippen LogP contribution in [0, 0.1) is 3.57 Å². The van der Waals surface area contributed by atoms with Crippen molar-refractivity contribution in [3.05, 3.63) is 57.8 Å². The average Bonchev–Trinajstić information content (AvgIpc) is 2.96. The number of para-hydroxylation sites is 1. The van der Waals surface area contributed by atoms with Crippen molar-refractivity contribution in [2.24, 2.45) is 0 Å². The Morgan fingerprint density at radius 3 is 2.81 bits per heavy atom. The lowest BCUT2D eigenvalue weighted by atomic mass is 10.1. The van der Waals surface area contributed by atoms with Crippen molar-refractivity contribution in [2.75, 3.05) is 5.32 Å². The number of hydrogen-bond acceptors (Lipinski definition) is 2. The SMILES string of the molecule is S=C(NCc1cccc2cn[nH]c12)Nc1ccc(I)cc1. The highest BCUT2D eigenvalue weighted by Crippen LogP contribution is 2.15.